The Labute approximate surface area is 360 Å². The highest BCUT2D eigenvalue weighted by Crippen LogP contribution is 2.43. The van der Waals surface area contributed by atoms with Gasteiger partial charge in [-0.1, -0.05) is 192 Å². The second-order valence-corrected chi connectivity index (χ2v) is 17.7. The van der Waals surface area contributed by atoms with Crippen molar-refractivity contribution in [2.75, 3.05) is 19.8 Å². The highest BCUT2D eigenvalue weighted by Gasteiger charge is 2.28. The number of nitrogens with two attached hydrogens (primary N) is 1. The standard InChI is InChI=1S/C47H88NO10P/c1-3-5-7-9-11-13-15-17-19-21-22-23-25-26-28-30-32-34-36-38-45(49)55-40-43(41-56-59(53,54)57-42-44(48)47(51)52)58-46(50)39-37-35-33-31-29-27-24-20-18-16-14-12-10-8-6-4-2/h14,16,20,24,43-44H,3-13,15,17-19,21-23,25-42,48H2,1-2H3,(H,51,52)(H,53,54)/b16-14-,24-20-. The number of ether oxygens (including phenoxy) is 2. The van der Waals surface area contributed by atoms with E-state index in [2.05, 4.69) is 42.7 Å². The van der Waals surface area contributed by atoms with Gasteiger partial charge >= 0.3 is 25.7 Å². The molecule has 3 unspecified atom stereocenters. The second-order valence-electron chi connectivity index (χ2n) is 16.2. The average molecular weight is 858 g/mol. The predicted molar refractivity (Wildman–Crippen MR) is 240 cm³/mol. The first-order valence-electron chi connectivity index (χ1n) is 23.9. The number of esters is 2. The number of phosphoric ester groups is 1. The molecular weight excluding hydrogens is 769 g/mol. The maximum atomic E-state index is 12.6. The van der Waals surface area contributed by atoms with Gasteiger partial charge in [0.05, 0.1) is 13.2 Å². The van der Waals surface area contributed by atoms with Gasteiger partial charge in [-0.3, -0.25) is 23.4 Å². The van der Waals surface area contributed by atoms with E-state index in [-0.39, 0.29) is 19.4 Å². The number of carbonyl (C=O) groups excluding carboxylic acids is 2. The fourth-order valence-electron chi connectivity index (χ4n) is 6.68. The minimum absolute atomic E-state index is 0.148. The summed E-state index contributed by atoms with van der Waals surface area (Å²) >= 11 is 0. The molecule has 0 rings (SSSR count). The first-order chi connectivity index (χ1) is 28.6. The van der Waals surface area contributed by atoms with E-state index in [4.69, 9.17) is 24.8 Å². The predicted octanol–water partition coefficient (Wildman–Crippen LogP) is 13.0. The number of hydrogen-bond acceptors (Lipinski definition) is 9. The molecule has 0 saturated heterocycles. The minimum atomic E-state index is -4.72. The molecule has 12 heteroatoms. The van der Waals surface area contributed by atoms with Crippen molar-refractivity contribution in [1.29, 1.82) is 0 Å². The van der Waals surface area contributed by atoms with Gasteiger partial charge in [-0.05, 0) is 44.9 Å². The number of carboxylic acid groups (broad SMARTS) is 1. The van der Waals surface area contributed by atoms with Crippen molar-refractivity contribution < 1.29 is 47.5 Å². The van der Waals surface area contributed by atoms with Gasteiger partial charge in [0.15, 0.2) is 6.10 Å². The molecule has 0 aromatic rings. The Morgan fingerprint density at radius 3 is 1.34 bits per heavy atom. The van der Waals surface area contributed by atoms with E-state index in [9.17, 15) is 23.8 Å². The molecule has 0 fully saturated rings. The lowest BCUT2D eigenvalue weighted by atomic mass is 10.0. The molecule has 0 aliphatic heterocycles. The molecule has 3 atom stereocenters. The molecule has 0 bridgehead atoms. The van der Waals surface area contributed by atoms with Gasteiger partial charge in [0.2, 0.25) is 0 Å². The summed E-state index contributed by atoms with van der Waals surface area (Å²) in [5.41, 5.74) is 5.34. The van der Waals surface area contributed by atoms with Crippen LogP contribution < -0.4 is 5.73 Å². The Morgan fingerprint density at radius 2 is 0.898 bits per heavy atom. The SMILES string of the molecule is CCCCCC/C=C\C/C=C\CCCCCCCC(=O)OC(COC(=O)CCCCCCCCCCCCCCCCCCCCC)COP(=O)(O)OCC(N)C(=O)O. The smallest absolute Gasteiger partial charge is 0.472 e. The first-order valence-corrected chi connectivity index (χ1v) is 25.4. The summed E-state index contributed by atoms with van der Waals surface area (Å²) in [5, 5.41) is 8.90. The monoisotopic (exact) mass is 858 g/mol. The highest BCUT2D eigenvalue weighted by atomic mass is 31.2. The van der Waals surface area contributed by atoms with Crippen LogP contribution in [0.15, 0.2) is 24.3 Å². The molecule has 0 spiro atoms. The van der Waals surface area contributed by atoms with E-state index in [1.54, 1.807) is 0 Å². The zero-order valence-corrected chi connectivity index (χ0v) is 38.5. The Bertz CT molecular complexity index is 1100. The molecule has 0 aliphatic rings. The fraction of sp³-hybridized carbons (Fsp3) is 0.851. The van der Waals surface area contributed by atoms with Gasteiger partial charge in [-0.25, -0.2) is 4.57 Å². The zero-order chi connectivity index (χ0) is 43.5. The van der Waals surface area contributed by atoms with E-state index < -0.39 is 51.1 Å². The minimum Gasteiger partial charge on any atom is -0.480 e. The van der Waals surface area contributed by atoms with Gasteiger partial charge in [-0.2, -0.15) is 0 Å². The molecule has 4 N–H and O–H groups in total. The Morgan fingerprint density at radius 1 is 0.525 bits per heavy atom. The van der Waals surface area contributed by atoms with E-state index in [1.807, 2.05) is 0 Å². The van der Waals surface area contributed by atoms with Crippen molar-refractivity contribution in [3.8, 4) is 0 Å². The number of unbranched alkanes of at least 4 members (excludes halogenated alkanes) is 27. The number of aliphatic carboxylic acids is 1. The van der Waals surface area contributed by atoms with Crippen LogP contribution in [0.2, 0.25) is 0 Å². The molecule has 0 aromatic heterocycles. The number of phosphoric acid groups is 1. The molecule has 59 heavy (non-hydrogen) atoms. The van der Waals surface area contributed by atoms with Crippen molar-refractivity contribution in [3.05, 3.63) is 24.3 Å². The van der Waals surface area contributed by atoms with Crippen LogP contribution in [0.3, 0.4) is 0 Å². The third kappa shape index (κ3) is 42.4. The van der Waals surface area contributed by atoms with Gasteiger partial charge in [0, 0.05) is 12.8 Å². The first kappa shape index (κ1) is 57.0. The fourth-order valence-corrected chi connectivity index (χ4v) is 7.46. The van der Waals surface area contributed by atoms with Gasteiger partial charge in [-0.15, -0.1) is 0 Å². The van der Waals surface area contributed by atoms with Crippen LogP contribution in [0, 0.1) is 0 Å². The largest absolute Gasteiger partial charge is 0.480 e. The van der Waals surface area contributed by atoms with Crippen LogP contribution in [-0.4, -0.2) is 59.9 Å². The lowest BCUT2D eigenvalue weighted by molar-refractivity contribution is -0.161. The topological polar surface area (TPSA) is 172 Å². The van der Waals surface area contributed by atoms with Crippen LogP contribution in [-0.2, 0) is 37.5 Å². The Balaban J connectivity index is 4.28. The van der Waals surface area contributed by atoms with Crippen LogP contribution in [0.5, 0.6) is 0 Å². The van der Waals surface area contributed by atoms with Crippen LogP contribution >= 0.6 is 7.82 Å². The summed E-state index contributed by atoms with van der Waals surface area (Å²) in [6.45, 7) is 2.80. The maximum absolute atomic E-state index is 12.6. The zero-order valence-electron chi connectivity index (χ0n) is 37.6. The van der Waals surface area contributed by atoms with Gasteiger partial charge < -0.3 is 25.2 Å². The molecule has 0 heterocycles. The lowest BCUT2D eigenvalue weighted by Gasteiger charge is -2.20. The van der Waals surface area contributed by atoms with Crippen molar-refractivity contribution in [1.82, 2.24) is 0 Å². The summed E-state index contributed by atoms with van der Waals surface area (Å²) in [7, 11) is -4.72. The Hall–Kier alpha value is -2.04. The molecule has 346 valence electrons. The summed E-state index contributed by atoms with van der Waals surface area (Å²) in [5.74, 6) is -2.38. The van der Waals surface area contributed by atoms with Crippen molar-refractivity contribution in [3.63, 3.8) is 0 Å². The van der Waals surface area contributed by atoms with Crippen molar-refractivity contribution in [2.45, 2.75) is 238 Å². The highest BCUT2D eigenvalue weighted by molar-refractivity contribution is 7.47. The van der Waals surface area contributed by atoms with Gasteiger partial charge in [0.1, 0.15) is 12.6 Å². The third-order valence-electron chi connectivity index (χ3n) is 10.5. The van der Waals surface area contributed by atoms with Crippen molar-refractivity contribution in [2.24, 2.45) is 5.73 Å². The maximum Gasteiger partial charge on any atom is 0.472 e. The van der Waals surface area contributed by atoms with Crippen LogP contribution in [0.25, 0.3) is 0 Å². The molecule has 0 radical (unpaired) electrons. The molecule has 0 aromatic carbocycles. The summed E-state index contributed by atoms with van der Waals surface area (Å²) in [6, 6.07) is -1.52. The van der Waals surface area contributed by atoms with Crippen LogP contribution in [0.4, 0.5) is 0 Å². The van der Waals surface area contributed by atoms with Crippen molar-refractivity contribution >= 4 is 25.7 Å². The summed E-state index contributed by atoms with van der Waals surface area (Å²) in [4.78, 5) is 46.1. The quantitative estimate of drug-likeness (QED) is 0.0230. The van der Waals surface area contributed by atoms with E-state index >= 15 is 0 Å². The molecule has 0 saturated carbocycles. The molecule has 11 nitrogen and oxygen atoms in total. The number of allylic oxidation sites excluding steroid dienone is 4. The van der Waals surface area contributed by atoms with Crippen LogP contribution in [0.1, 0.15) is 226 Å². The third-order valence-corrected chi connectivity index (χ3v) is 11.4. The number of carboxylic acids is 1. The Kier molecular flexibility index (Phi) is 41.2. The number of rotatable bonds is 45. The molecule has 0 aliphatic carbocycles. The normalized spacial score (nSPS) is 13.8. The van der Waals surface area contributed by atoms with E-state index in [1.165, 1.54) is 122 Å². The lowest BCUT2D eigenvalue weighted by Crippen LogP contribution is -2.34. The number of hydrogen-bond donors (Lipinski definition) is 3. The molecular formula is C47H88NO10P. The number of carbonyl (C=O) groups is 3. The second kappa shape index (κ2) is 42.6. The van der Waals surface area contributed by atoms with E-state index in [0.717, 1.165) is 64.2 Å². The summed E-state index contributed by atoms with van der Waals surface area (Å²) in [6.07, 6.45) is 45.2. The van der Waals surface area contributed by atoms with E-state index in [0.29, 0.717) is 12.8 Å². The summed E-state index contributed by atoms with van der Waals surface area (Å²) < 4.78 is 32.8. The molecule has 0 amide bonds. The van der Waals surface area contributed by atoms with Gasteiger partial charge in [0.25, 0.3) is 0 Å². The average Bonchev–Trinajstić information content (AvgIpc) is 3.21.